The van der Waals surface area contributed by atoms with E-state index in [2.05, 4.69) is 57.2 Å². The maximum absolute atomic E-state index is 14.3. The molecule has 0 unspecified atom stereocenters. The van der Waals surface area contributed by atoms with Crippen LogP contribution in [0.5, 0.6) is 0 Å². The van der Waals surface area contributed by atoms with Crippen molar-refractivity contribution >= 4 is 82.9 Å². The van der Waals surface area contributed by atoms with Gasteiger partial charge in [0.15, 0.2) is 11.9 Å². The number of aliphatic carboxylic acids is 3. The second-order valence-corrected chi connectivity index (χ2v) is 17.6. The van der Waals surface area contributed by atoms with Crippen molar-refractivity contribution < 1.29 is 63.3 Å². The Morgan fingerprint density at radius 2 is 1.03 bits per heavy atom. The van der Waals surface area contributed by atoms with Crippen LogP contribution >= 0.6 is 11.8 Å². The summed E-state index contributed by atoms with van der Waals surface area (Å²) in [7, 11) is 0. The number of hydrogen-bond donors (Lipinski definition) is 17. The monoisotopic (exact) mass is 1060 g/mol. The number of nitrogens with one attached hydrogen (secondary N) is 8. The fourth-order valence-electron chi connectivity index (χ4n) is 6.62. The van der Waals surface area contributed by atoms with E-state index in [-0.39, 0.29) is 82.9 Å². The minimum atomic E-state index is -1.66. The zero-order chi connectivity index (χ0) is 55.0. The van der Waals surface area contributed by atoms with Crippen molar-refractivity contribution in [3.8, 4) is 0 Å². The first-order valence-corrected chi connectivity index (χ1v) is 24.7. The van der Waals surface area contributed by atoms with Gasteiger partial charge in [0.1, 0.15) is 42.3 Å². The number of aliphatic imine (C=N–C) groups is 2. The Morgan fingerprint density at radius 1 is 0.589 bits per heavy atom. The smallest absolute Gasteiger partial charge is 0.326 e. The maximum atomic E-state index is 14.3. The van der Waals surface area contributed by atoms with Crippen LogP contribution in [-0.2, 0) is 54.4 Å². The number of nitrogens with zero attached hydrogens (tertiary/aromatic N) is 3. The Morgan fingerprint density at radius 3 is 1.47 bits per heavy atom. The molecule has 1 aromatic heterocycles. The summed E-state index contributed by atoms with van der Waals surface area (Å²) in [5.74, 6) is -10.4. The Labute approximate surface area is 425 Å². The number of guanidine groups is 2. The highest BCUT2D eigenvalue weighted by atomic mass is 32.2. The number of hydrogen-bond acceptors (Lipinski definition) is 16. The average molecular weight is 1060 g/mol. The van der Waals surface area contributed by atoms with Crippen LogP contribution in [0.15, 0.2) is 22.5 Å². The summed E-state index contributed by atoms with van der Waals surface area (Å²) in [6.45, 7) is 1.52. The average Bonchev–Trinajstić information content (AvgIpc) is 3.84. The SMILES string of the molecule is CSCC[C@H](NC(=O)[C@H](CCCN=C(N)N)NC(=O)[C@H](CCC(=O)O)NC(=O)[C@H](CCCN=C(N)N)NC(=O)[C@H](Cc1cnc[nH]1)NC(=O)[C@H](CCCCN)NC(=O)[C@H](C)NC(=O)[C@@H](N)CCC(=O)O)C(=O)O. The molecule has 0 fully saturated rings. The van der Waals surface area contributed by atoms with Crippen LogP contribution in [0.25, 0.3) is 0 Å². The summed E-state index contributed by atoms with van der Waals surface area (Å²) in [4.78, 5) is 145. The molecule has 0 aliphatic rings. The predicted molar refractivity (Wildman–Crippen MR) is 267 cm³/mol. The Hall–Kier alpha value is -7.28. The molecule has 8 atom stereocenters. The van der Waals surface area contributed by atoms with Crippen molar-refractivity contribution in [2.75, 3.05) is 31.6 Å². The van der Waals surface area contributed by atoms with Crippen molar-refractivity contribution in [1.29, 1.82) is 0 Å². The summed E-state index contributed by atoms with van der Waals surface area (Å²) < 4.78 is 0. The molecule has 0 saturated carbocycles. The number of amides is 7. The van der Waals surface area contributed by atoms with E-state index in [1.54, 1.807) is 6.26 Å². The standard InChI is InChI=1S/C42H73N17O13S/c1-22(53-34(65)24(44)10-12-31(60)61)33(64)54-25(7-3-4-15-43)37(68)59-30(19-23-20-49-21-52-23)39(70)56-26(8-5-16-50-41(45)46)35(66)57-28(11-13-32(62)63)38(69)55-27(9-6-17-51-42(47)48)36(67)58-29(40(71)72)14-18-73-2/h20-22,24-30H,3-19,43-44H2,1-2H3,(H,49,52)(H,53,65)(H,54,64)(H,55,69)(H,56,70)(H,57,66)(H,58,67)(H,59,68)(H,60,61)(H,62,63)(H,71,72)(H4,45,46,50)(H4,47,48,51)/t22-,24-,25-,26-,27-,28-,29-,30-/m0/s1. The highest BCUT2D eigenvalue weighted by molar-refractivity contribution is 7.98. The van der Waals surface area contributed by atoms with Gasteiger partial charge >= 0.3 is 17.9 Å². The molecule has 30 nitrogen and oxygen atoms in total. The third-order valence-electron chi connectivity index (χ3n) is 10.6. The summed E-state index contributed by atoms with van der Waals surface area (Å²) in [6, 6.07) is -11.3. The van der Waals surface area contributed by atoms with E-state index >= 15 is 0 Å². The molecule has 0 saturated heterocycles. The van der Waals surface area contributed by atoms with Crippen molar-refractivity contribution in [3.63, 3.8) is 0 Å². The highest BCUT2D eigenvalue weighted by Gasteiger charge is 2.34. The molecule has 0 aromatic carbocycles. The van der Waals surface area contributed by atoms with E-state index in [0.29, 0.717) is 24.3 Å². The van der Waals surface area contributed by atoms with Gasteiger partial charge in [-0.15, -0.1) is 0 Å². The van der Waals surface area contributed by atoms with E-state index < -0.39 is 127 Å². The second kappa shape index (κ2) is 34.9. The molecule has 31 heteroatoms. The van der Waals surface area contributed by atoms with Gasteiger partial charge in [-0.25, -0.2) is 9.78 Å². The largest absolute Gasteiger partial charge is 0.481 e. The lowest BCUT2D eigenvalue weighted by atomic mass is 10.0. The molecule has 0 bridgehead atoms. The van der Waals surface area contributed by atoms with Crippen molar-refractivity contribution in [2.24, 2.45) is 44.4 Å². The van der Waals surface area contributed by atoms with Crippen molar-refractivity contribution in [3.05, 3.63) is 18.2 Å². The number of H-pyrrole nitrogens is 1. The Kier molecular flexibility index (Phi) is 30.5. The third kappa shape index (κ3) is 27.2. The van der Waals surface area contributed by atoms with Gasteiger partial charge in [-0.2, -0.15) is 11.8 Å². The van der Waals surface area contributed by atoms with Gasteiger partial charge in [-0.3, -0.25) is 53.1 Å². The molecule has 0 radical (unpaired) electrons. The van der Waals surface area contributed by atoms with E-state index in [4.69, 9.17) is 39.5 Å². The molecular weight excluding hydrogens is 983 g/mol. The van der Waals surface area contributed by atoms with Gasteiger partial charge in [-0.05, 0) is 89.7 Å². The van der Waals surface area contributed by atoms with Gasteiger partial charge in [-0.1, -0.05) is 0 Å². The highest BCUT2D eigenvalue weighted by Crippen LogP contribution is 2.10. The molecular formula is C42H73N17O13S. The van der Waals surface area contributed by atoms with Crippen LogP contribution in [0.3, 0.4) is 0 Å². The number of carbonyl (C=O) groups is 10. The van der Waals surface area contributed by atoms with Gasteiger partial charge in [0.25, 0.3) is 0 Å². The summed E-state index contributed by atoms with van der Waals surface area (Å²) >= 11 is 1.34. The van der Waals surface area contributed by atoms with Crippen molar-refractivity contribution in [2.45, 2.75) is 139 Å². The first-order chi connectivity index (χ1) is 34.5. The molecule has 1 rings (SSSR count). The number of carboxylic acids is 3. The number of carboxylic acid groups (broad SMARTS) is 3. The molecule has 7 amide bonds. The van der Waals surface area contributed by atoms with Gasteiger partial charge in [0.2, 0.25) is 41.4 Å². The first-order valence-electron chi connectivity index (χ1n) is 23.3. The summed E-state index contributed by atoms with van der Waals surface area (Å²) in [6.07, 6.45) is 3.01. The number of rotatable bonds is 38. The molecule has 410 valence electrons. The molecule has 23 N–H and O–H groups in total. The Bertz CT molecular complexity index is 2040. The van der Waals surface area contributed by atoms with Crippen LogP contribution in [0.4, 0.5) is 0 Å². The molecule has 1 aromatic rings. The van der Waals surface area contributed by atoms with Gasteiger partial charge in [0, 0.05) is 44.2 Å². The van der Waals surface area contributed by atoms with Crippen LogP contribution in [0.2, 0.25) is 0 Å². The van der Waals surface area contributed by atoms with E-state index in [1.807, 2.05) is 0 Å². The maximum Gasteiger partial charge on any atom is 0.326 e. The van der Waals surface area contributed by atoms with Crippen LogP contribution in [0.1, 0.15) is 89.7 Å². The molecule has 0 spiro atoms. The number of aromatic amines is 1. The zero-order valence-electron chi connectivity index (χ0n) is 40.9. The molecule has 1 heterocycles. The number of carbonyl (C=O) groups excluding carboxylic acids is 7. The zero-order valence-corrected chi connectivity index (χ0v) is 41.7. The fraction of sp³-hybridized carbons (Fsp3) is 0.643. The minimum Gasteiger partial charge on any atom is -0.481 e. The van der Waals surface area contributed by atoms with Crippen LogP contribution < -0.4 is 71.6 Å². The minimum absolute atomic E-state index is 0.00980. The number of thioether (sulfide) groups is 1. The fourth-order valence-corrected chi connectivity index (χ4v) is 7.09. The second-order valence-electron chi connectivity index (χ2n) is 16.7. The topological polar surface area (TPSA) is 525 Å². The number of unbranched alkanes of at least 4 members (excludes halogenated alkanes) is 1. The number of aromatic nitrogens is 2. The quantitative estimate of drug-likeness (QED) is 0.0167. The summed E-state index contributed by atoms with van der Waals surface area (Å²) in [5, 5.41) is 45.7. The molecule has 0 aliphatic carbocycles. The lowest BCUT2D eigenvalue weighted by Crippen LogP contribution is -2.60. The van der Waals surface area contributed by atoms with E-state index in [9.17, 15) is 58.2 Å². The summed E-state index contributed by atoms with van der Waals surface area (Å²) in [5.41, 5.74) is 33.6. The number of nitrogens with two attached hydrogens (primary N) is 6. The van der Waals surface area contributed by atoms with Crippen molar-refractivity contribution in [1.82, 2.24) is 47.2 Å². The normalized spacial score (nSPS) is 14.1. The molecule has 0 aliphatic heterocycles. The lowest BCUT2D eigenvalue weighted by Gasteiger charge is -2.27. The van der Waals surface area contributed by atoms with Crippen LogP contribution in [-0.4, -0.2) is 176 Å². The predicted octanol–water partition coefficient (Wildman–Crippen LogP) is -5.50. The first kappa shape index (κ1) is 63.7. The lowest BCUT2D eigenvalue weighted by molar-refractivity contribution is -0.142. The van der Waals surface area contributed by atoms with Gasteiger partial charge in [0.05, 0.1) is 12.4 Å². The number of imidazole rings is 1. The van der Waals surface area contributed by atoms with Crippen LogP contribution in [0, 0.1) is 0 Å². The third-order valence-corrected chi connectivity index (χ3v) is 11.3. The van der Waals surface area contributed by atoms with Gasteiger partial charge < -0.3 is 91.9 Å². The Balaban J connectivity index is 3.58. The van der Waals surface area contributed by atoms with E-state index in [1.165, 1.54) is 31.2 Å². The molecule has 73 heavy (non-hydrogen) atoms. The van der Waals surface area contributed by atoms with E-state index in [0.717, 1.165) is 0 Å².